The van der Waals surface area contributed by atoms with Gasteiger partial charge in [-0.1, -0.05) is 59.3 Å². The Bertz CT molecular complexity index is 1170. The molecule has 1 unspecified atom stereocenters. The highest BCUT2D eigenvalue weighted by Gasteiger charge is 2.31. The number of fused-ring (bicyclic) bond motifs is 1. The zero-order chi connectivity index (χ0) is 19.1. The second-order valence-corrected chi connectivity index (χ2v) is 7.81. The summed E-state index contributed by atoms with van der Waals surface area (Å²) in [5.41, 5.74) is 3.90. The number of nitrogens with zero attached hydrogens (tertiary/aromatic N) is 7. The molecule has 28 heavy (non-hydrogen) atoms. The Kier molecular flexibility index (Phi) is 4.22. The molecule has 0 radical (unpaired) electrons. The summed E-state index contributed by atoms with van der Waals surface area (Å²) in [5, 5.41) is 19.1. The molecule has 9 heteroatoms. The van der Waals surface area contributed by atoms with Gasteiger partial charge in [0.1, 0.15) is 18.4 Å². The topological polar surface area (TPSA) is 73.8 Å². The highest BCUT2D eigenvalue weighted by molar-refractivity contribution is 8.00. The van der Waals surface area contributed by atoms with Crippen LogP contribution in [0.15, 0.2) is 71.4 Å². The lowest BCUT2D eigenvalue weighted by Gasteiger charge is -2.23. The van der Waals surface area contributed by atoms with E-state index in [-0.39, 0.29) is 5.37 Å². The SMILES string of the molecule is Cc1cccc(-c2nnc3n2N=C(c2ccc(Cl)cc2)C(n2cncn2)S3)c1. The third-order valence-electron chi connectivity index (χ3n) is 4.36. The van der Waals surface area contributed by atoms with E-state index in [1.165, 1.54) is 18.1 Å². The molecular formula is C19H14ClN7S. The van der Waals surface area contributed by atoms with Crippen LogP contribution in [-0.4, -0.2) is 35.3 Å². The van der Waals surface area contributed by atoms with Crippen molar-refractivity contribution in [2.24, 2.45) is 5.10 Å². The maximum absolute atomic E-state index is 6.07. The Morgan fingerprint density at radius 3 is 2.64 bits per heavy atom. The lowest BCUT2D eigenvalue weighted by atomic mass is 10.1. The molecule has 3 heterocycles. The first kappa shape index (κ1) is 17.2. The van der Waals surface area contributed by atoms with E-state index in [0.29, 0.717) is 16.0 Å². The average molecular weight is 408 g/mol. The number of aryl methyl sites for hydroxylation is 1. The fourth-order valence-corrected chi connectivity index (χ4v) is 4.20. The molecule has 0 spiro atoms. The summed E-state index contributed by atoms with van der Waals surface area (Å²) >= 11 is 7.60. The van der Waals surface area contributed by atoms with Crippen LogP contribution in [0, 0.1) is 6.92 Å². The lowest BCUT2D eigenvalue weighted by molar-refractivity contribution is 0.666. The predicted molar refractivity (Wildman–Crippen MR) is 108 cm³/mol. The van der Waals surface area contributed by atoms with Gasteiger partial charge in [0.25, 0.3) is 0 Å². The minimum Gasteiger partial charge on any atom is -0.233 e. The summed E-state index contributed by atoms with van der Waals surface area (Å²) in [6.45, 7) is 2.05. The Labute approximate surface area is 170 Å². The van der Waals surface area contributed by atoms with Gasteiger partial charge in [-0.25, -0.2) is 9.67 Å². The molecule has 1 atom stereocenters. The third-order valence-corrected chi connectivity index (χ3v) is 5.74. The van der Waals surface area contributed by atoms with Gasteiger partial charge >= 0.3 is 0 Å². The molecule has 0 bridgehead atoms. The van der Waals surface area contributed by atoms with E-state index in [1.807, 2.05) is 36.4 Å². The first-order valence-electron chi connectivity index (χ1n) is 8.57. The fourth-order valence-electron chi connectivity index (χ4n) is 3.04. The normalized spacial score (nSPS) is 15.9. The summed E-state index contributed by atoms with van der Waals surface area (Å²) in [5.74, 6) is 0.703. The molecule has 0 fully saturated rings. The van der Waals surface area contributed by atoms with Crippen LogP contribution in [0.25, 0.3) is 11.4 Å². The maximum atomic E-state index is 6.07. The zero-order valence-corrected chi connectivity index (χ0v) is 16.3. The van der Waals surface area contributed by atoms with Crippen LogP contribution in [0.3, 0.4) is 0 Å². The fraction of sp³-hybridized carbons (Fsp3) is 0.105. The predicted octanol–water partition coefficient (Wildman–Crippen LogP) is 4.06. The van der Waals surface area contributed by atoms with E-state index < -0.39 is 0 Å². The minimum absolute atomic E-state index is 0.203. The number of benzene rings is 2. The van der Waals surface area contributed by atoms with Crippen molar-refractivity contribution in [3.8, 4) is 11.4 Å². The van der Waals surface area contributed by atoms with Crippen molar-refractivity contribution in [1.82, 2.24) is 29.6 Å². The molecule has 0 saturated carbocycles. The molecule has 4 aromatic rings. The smallest absolute Gasteiger partial charge is 0.214 e. The van der Waals surface area contributed by atoms with Crippen molar-refractivity contribution in [3.05, 3.63) is 77.3 Å². The highest BCUT2D eigenvalue weighted by atomic mass is 35.5. The zero-order valence-electron chi connectivity index (χ0n) is 14.8. The van der Waals surface area contributed by atoms with E-state index in [1.54, 1.807) is 15.7 Å². The van der Waals surface area contributed by atoms with Crippen molar-refractivity contribution in [3.63, 3.8) is 0 Å². The number of hydrogen-bond donors (Lipinski definition) is 0. The van der Waals surface area contributed by atoms with Crippen molar-refractivity contribution < 1.29 is 0 Å². The van der Waals surface area contributed by atoms with Gasteiger partial charge in [-0.15, -0.1) is 10.2 Å². The number of thioether (sulfide) groups is 1. The van der Waals surface area contributed by atoms with Gasteiger partial charge in [-0.2, -0.15) is 14.9 Å². The Morgan fingerprint density at radius 1 is 1.04 bits per heavy atom. The molecule has 2 aromatic carbocycles. The first-order valence-corrected chi connectivity index (χ1v) is 9.83. The van der Waals surface area contributed by atoms with E-state index in [2.05, 4.69) is 39.3 Å². The number of aromatic nitrogens is 6. The Balaban J connectivity index is 1.67. The second kappa shape index (κ2) is 6.88. The highest BCUT2D eigenvalue weighted by Crippen LogP contribution is 2.38. The van der Waals surface area contributed by atoms with Crippen LogP contribution in [0.4, 0.5) is 0 Å². The van der Waals surface area contributed by atoms with Gasteiger partial charge in [-0.3, -0.25) is 0 Å². The molecule has 5 rings (SSSR count). The summed E-state index contributed by atoms with van der Waals surface area (Å²) in [6, 6.07) is 15.7. The van der Waals surface area contributed by atoms with E-state index in [4.69, 9.17) is 16.7 Å². The van der Waals surface area contributed by atoms with Gasteiger partial charge in [0.15, 0.2) is 11.2 Å². The maximum Gasteiger partial charge on any atom is 0.214 e. The number of hydrogen-bond acceptors (Lipinski definition) is 6. The molecule has 1 aliphatic heterocycles. The molecule has 0 saturated heterocycles. The lowest BCUT2D eigenvalue weighted by Crippen LogP contribution is -2.23. The summed E-state index contributed by atoms with van der Waals surface area (Å²) in [7, 11) is 0. The molecular weight excluding hydrogens is 394 g/mol. The second-order valence-electron chi connectivity index (χ2n) is 6.33. The van der Waals surface area contributed by atoms with Crippen LogP contribution in [0.5, 0.6) is 0 Å². The third kappa shape index (κ3) is 3.00. The van der Waals surface area contributed by atoms with Crippen LogP contribution in [0.2, 0.25) is 5.02 Å². The molecule has 138 valence electrons. The Hall–Kier alpha value is -2.97. The minimum atomic E-state index is -0.203. The van der Waals surface area contributed by atoms with Crippen molar-refractivity contribution in [2.45, 2.75) is 17.5 Å². The van der Waals surface area contributed by atoms with Crippen LogP contribution in [0.1, 0.15) is 16.5 Å². The van der Waals surface area contributed by atoms with Crippen LogP contribution < -0.4 is 0 Å². The van der Waals surface area contributed by atoms with E-state index in [9.17, 15) is 0 Å². The quantitative estimate of drug-likeness (QED) is 0.512. The summed E-state index contributed by atoms with van der Waals surface area (Å²) in [6.07, 6.45) is 3.19. The first-order chi connectivity index (χ1) is 13.7. The van der Waals surface area contributed by atoms with Gasteiger partial charge < -0.3 is 0 Å². The summed E-state index contributed by atoms with van der Waals surface area (Å²) in [4.78, 5) is 4.08. The van der Waals surface area contributed by atoms with Crippen molar-refractivity contribution >= 4 is 29.1 Å². The summed E-state index contributed by atoms with van der Waals surface area (Å²) < 4.78 is 3.55. The van der Waals surface area contributed by atoms with E-state index >= 15 is 0 Å². The van der Waals surface area contributed by atoms with Crippen molar-refractivity contribution in [1.29, 1.82) is 0 Å². The Morgan fingerprint density at radius 2 is 1.89 bits per heavy atom. The molecule has 7 nitrogen and oxygen atoms in total. The molecule has 2 aromatic heterocycles. The molecule has 0 aliphatic carbocycles. The van der Waals surface area contributed by atoms with Gasteiger partial charge in [0.05, 0.1) is 0 Å². The monoisotopic (exact) mass is 407 g/mol. The van der Waals surface area contributed by atoms with Crippen molar-refractivity contribution in [2.75, 3.05) is 0 Å². The number of rotatable bonds is 3. The largest absolute Gasteiger partial charge is 0.233 e. The standard InChI is InChI=1S/C19H14ClN7S/c1-12-3-2-4-14(9-12)17-23-24-19-27(17)25-16(13-5-7-15(20)8-6-13)18(28-19)26-11-21-10-22-26/h2-11,18H,1H3. The van der Waals surface area contributed by atoms with Crippen LogP contribution in [-0.2, 0) is 0 Å². The molecule has 0 N–H and O–H groups in total. The molecule has 1 aliphatic rings. The molecule has 0 amide bonds. The number of halogens is 1. The van der Waals surface area contributed by atoms with E-state index in [0.717, 1.165) is 22.4 Å². The van der Waals surface area contributed by atoms with Gasteiger partial charge in [-0.05, 0) is 25.1 Å². The average Bonchev–Trinajstić information content (AvgIpc) is 3.37. The van der Waals surface area contributed by atoms with Gasteiger partial charge in [0, 0.05) is 16.1 Å². The van der Waals surface area contributed by atoms with Crippen LogP contribution >= 0.6 is 23.4 Å². The van der Waals surface area contributed by atoms with Gasteiger partial charge in [0.2, 0.25) is 5.16 Å².